The maximum absolute atomic E-state index is 13.4. The smallest absolute Gasteiger partial charge is 0.260 e. The predicted octanol–water partition coefficient (Wildman–Crippen LogP) is 2.64. The molecule has 28 heavy (non-hydrogen) atoms. The zero-order valence-corrected chi connectivity index (χ0v) is 16.4. The van der Waals surface area contributed by atoms with Crippen molar-refractivity contribution in [3.05, 3.63) is 30.3 Å². The first kappa shape index (κ1) is 21.0. The Morgan fingerprint density at radius 1 is 1.25 bits per heavy atom. The van der Waals surface area contributed by atoms with Crippen LogP contribution in [-0.4, -0.2) is 72.2 Å². The van der Waals surface area contributed by atoms with E-state index >= 15 is 0 Å². The molecule has 2 heterocycles. The normalized spacial score (nSPS) is 27.7. The van der Waals surface area contributed by atoms with Gasteiger partial charge < -0.3 is 19.6 Å². The van der Waals surface area contributed by atoms with Gasteiger partial charge in [0.15, 0.2) is 6.61 Å². The van der Waals surface area contributed by atoms with Gasteiger partial charge in [-0.2, -0.15) is 0 Å². The zero-order valence-electron chi connectivity index (χ0n) is 16.4. The summed E-state index contributed by atoms with van der Waals surface area (Å²) in [5.41, 5.74) is 0. The second-order valence-electron chi connectivity index (χ2n) is 7.89. The zero-order chi connectivity index (χ0) is 20.1. The van der Waals surface area contributed by atoms with E-state index in [9.17, 15) is 18.7 Å². The number of aliphatic hydroxyl groups excluding tert-OH is 1. The highest BCUT2D eigenvalue weighted by atomic mass is 19.3. The van der Waals surface area contributed by atoms with Crippen molar-refractivity contribution in [2.24, 2.45) is 11.8 Å². The number of rotatable bonds is 7. The molecule has 2 fully saturated rings. The Morgan fingerprint density at radius 3 is 2.54 bits per heavy atom. The number of carbonyl (C=O) groups is 1. The van der Waals surface area contributed by atoms with Crippen LogP contribution >= 0.6 is 0 Å². The van der Waals surface area contributed by atoms with Gasteiger partial charge in [0.2, 0.25) is 0 Å². The van der Waals surface area contributed by atoms with Crippen LogP contribution in [0.5, 0.6) is 5.75 Å². The van der Waals surface area contributed by atoms with Crippen molar-refractivity contribution < 1.29 is 23.4 Å². The molecule has 0 aromatic heterocycles. The fourth-order valence-corrected chi connectivity index (χ4v) is 4.40. The van der Waals surface area contributed by atoms with Gasteiger partial charge in [-0.3, -0.25) is 4.79 Å². The molecule has 0 saturated carbocycles. The fourth-order valence-electron chi connectivity index (χ4n) is 4.40. The number of hydrogen-bond donors (Lipinski definition) is 1. The maximum atomic E-state index is 13.4. The highest BCUT2D eigenvalue weighted by Crippen LogP contribution is 2.35. The lowest BCUT2D eigenvalue weighted by Crippen LogP contribution is -2.47. The van der Waals surface area contributed by atoms with E-state index in [1.54, 1.807) is 17.0 Å². The number of carbonyl (C=O) groups excluding carboxylic acids is 1. The molecule has 0 aliphatic carbocycles. The molecule has 1 N–H and O–H groups in total. The van der Waals surface area contributed by atoms with Gasteiger partial charge in [0.25, 0.3) is 11.8 Å². The third kappa shape index (κ3) is 5.00. The number of likely N-dealkylation sites (tertiary alicyclic amines) is 2. The van der Waals surface area contributed by atoms with Gasteiger partial charge in [0, 0.05) is 39.0 Å². The van der Waals surface area contributed by atoms with E-state index in [2.05, 4.69) is 11.8 Å². The SMILES string of the molecule is CC[C@@H]1CN(C(=O)COc2ccccc2)[C@H](CO)[C@@H]1CN1CCC(F)(F)CC1. The Morgan fingerprint density at radius 2 is 1.93 bits per heavy atom. The highest BCUT2D eigenvalue weighted by Gasteiger charge is 2.44. The quantitative estimate of drug-likeness (QED) is 0.770. The minimum absolute atomic E-state index is 0.0698. The first-order valence-corrected chi connectivity index (χ1v) is 10.1. The molecule has 2 aliphatic rings. The third-order valence-electron chi connectivity index (χ3n) is 6.13. The molecule has 3 rings (SSSR count). The number of halogens is 2. The van der Waals surface area contributed by atoms with E-state index in [0.29, 0.717) is 31.9 Å². The molecule has 2 saturated heterocycles. The van der Waals surface area contributed by atoms with Crippen molar-refractivity contribution in [2.45, 2.75) is 38.2 Å². The van der Waals surface area contributed by atoms with Crippen LogP contribution in [0.15, 0.2) is 30.3 Å². The average molecular weight is 396 g/mol. The Balaban J connectivity index is 1.61. The summed E-state index contributed by atoms with van der Waals surface area (Å²) in [6.07, 6.45) is 0.649. The molecule has 5 nitrogen and oxygen atoms in total. The van der Waals surface area contributed by atoms with Crippen molar-refractivity contribution in [1.29, 1.82) is 0 Å². The summed E-state index contributed by atoms with van der Waals surface area (Å²) in [6, 6.07) is 8.87. The molecule has 2 aliphatic heterocycles. The average Bonchev–Trinajstić information content (AvgIpc) is 3.06. The van der Waals surface area contributed by atoms with Crippen molar-refractivity contribution in [1.82, 2.24) is 9.80 Å². The number of benzene rings is 1. The van der Waals surface area contributed by atoms with Gasteiger partial charge in [-0.05, 0) is 24.0 Å². The number of amides is 1. The molecular weight excluding hydrogens is 366 g/mol. The van der Waals surface area contributed by atoms with Crippen LogP contribution in [0.2, 0.25) is 0 Å². The highest BCUT2D eigenvalue weighted by molar-refractivity contribution is 5.78. The topological polar surface area (TPSA) is 53.0 Å². The Labute approximate surface area is 165 Å². The molecule has 0 unspecified atom stereocenters. The lowest BCUT2D eigenvalue weighted by Gasteiger charge is -2.36. The Kier molecular flexibility index (Phi) is 6.88. The van der Waals surface area contributed by atoms with Crippen molar-refractivity contribution >= 4 is 5.91 Å². The van der Waals surface area contributed by atoms with Gasteiger partial charge >= 0.3 is 0 Å². The van der Waals surface area contributed by atoms with E-state index in [-0.39, 0.29) is 49.8 Å². The number of ether oxygens (including phenoxy) is 1. The Bertz CT molecular complexity index is 634. The number of aliphatic hydroxyl groups is 1. The Hall–Kier alpha value is -1.73. The van der Waals surface area contributed by atoms with Crippen molar-refractivity contribution in [2.75, 3.05) is 39.4 Å². The molecule has 0 radical (unpaired) electrons. The maximum Gasteiger partial charge on any atom is 0.260 e. The van der Waals surface area contributed by atoms with Crippen LogP contribution in [0.25, 0.3) is 0 Å². The summed E-state index contributed by atoms with van der Waals surface area (Å²) < 4.78 is 32.5. The van der Waals surface area contributed by atoms with Gasteiger partial charge in [0.1, 0.15) is 5.75 Å². The van der Waals surface area contributed by atoms with E-state index < -0.39 is 5.92 Å². The van der Waals surface area contributed by atoms with Crippen molar-refractivity contribution in [3.8, 4) is 5.75 Å². The van der Waals surface area contributed by atoms with Gasteiger partial charge in [-0.25, -0.2) is 8.78 Å². The second kappa shape index (κ2) is 9.18. The summed E-state index contributed by atoms with van der Waals surface area (Å²) in [5.74, 6) is -1.74. The largest absolute Gasteiger partial charge is 0.484 e. The summed E-state index contributed by atoms with van der Waals surface area (Å²) >= 11 is 0. The second-order valence-corrected chi connectivity index (χ2v) is 7.89. The number of piperidine rings is 1. The van der Waals surface area contributed by atoms with Crippen LogP contribution in [0.3, 0.4) is 0 Å². The van der Waals surface area contributed by atoms with E-state index in [4.69, 9.17) is 4.74 Å². The number of hydrogen-bond acceptors (Lipinski definition) is 4. The van der Waals surface area contributed by atoms with Crippen molar-refractivity contribution in [3.63, 3.8) is 0 Å². The third-order valence-corrected chi connectivity index (χ3v) is 6.13. The first-order chi connectivity index (χ1) is 13.4. The van der Waals surface area contributed by atoms with Crippen LogP contribution < -0.4 is 4.74 Å². The minimum atomic E-state index is -2.57. The predicted molar refractivity (Wildman–Crippen MR) is 102 cm³/mol. The molecule has 0 spiro atoms. The van der Waals surface area contributed by atoms with Crippen LogP contribution in [0, 0.1) is 11.8 Å². The molecule has 7 heteroatoms. The van der Waals surface area contributed by atoms with E-state index in [1.807, 2.05) is 18.2 Å². The summed E-state index contributed by atoms with van der Waals surface area (Å²) in [4.78, 5) is 16.5. The van der Waals surface area contributed by atoms with E-state index in [1.165, 1.54) is 0 Å². The monoisotopic (exact) mass is 396 g/mol. The summed E-state index contributed by atoms with van der Waals surface area (Å²) in [5, 5.41) is 9.99. The molecule has 0 bridgehead atoms. The molecule has 1 aromatic carbocycles. The van der Waals surface area contributed by atoms with E-state index in [0.717, 1.165) is 6.42 Å². The minimum Gasteiger partial charge on any atom is -0.484 e. The molecule has 3 atom stereocenters. The molecule has 156 valence electrons. The lowest BCUT2D eigenvalue weighted by atomic mass is 9.87. The van der Waals surface area contributed by atoms with Gasteiger partial charge in [-0.1, -0.05) is 31.5 Å². The van der Waals surface area contributed by atoms with Gasteiger partial charge in [0.05, 0.1) is 12.6 Å². The molecular formula is C21H30F2N2O3. The molecule has 1 aromatic rings. The number of para-hydroxylation sites is 1. The lowest BCUT2D eigenvalue weighted by molar-refractivity contribution is -0.135. The molecule has 1 amide bonds. The standard InChI is InChI=1S/C21H30F2N2O3/c1-2-16-12-25(20(27)15-28-17-6-4-3-5-7-17)19(14-26)18(16)13-24-10-8-21(22,23)9-11-24/h3-7,16,18-19,26H,2,8-15H2,1H3/t16-,18-,19-/m1/s1. The number of alkyl halides is 2. The van der Waals surface area contributed by atoms with Gasteiger partial charge in [-0.15, -0.1) is 0 Å². The first-order valence-electron chi connectivity index (χ1n) is 10.1. The van der Waals surface area contributed by atoms with Crippen LogP contribution in [0.1, 0.15) is 26.2 Å². The fraction of sp³-hybridized carbons (Fsp3) is 0.667. The summed E-state index contributed by atoms with van der Waals surface area (Å²) in [7, 11) is 0. The summed E-state index contributed by atoms with van der Waals surface area (Å²) in [6.45, 7) is 3.83. The number of nitrogens with zero attached hydrogens (tertiary/aromatic N) is 2. The van der Waals surface area contributed by atoms with Crippen LogP contribution in [-0.2, 0) is 4.79 Å². The van der Waals surface area contributed by atoms with Crippen LogP contribution in [0.4, 0.5) is 8.78 Å².